The van der Waals surface area contributed by atoms with Gasteiger partial charge in [-0.3, -0.25) is 9.69 Å². The number of halogens is 1. The summed E-state index contributed by atoms with van der Waals surface area (Å²) in [5, 5.41) is 2.81. The monoisotopic (exact) mass is 465 g/mol. The highest BCUT2D eigenvalue weighted by atomic mass is 19.1. The molecule has 0 bridgehead atoms. The van der Waals surface area contributed by atoms with Crippen molar-refractivity contribution in [1.82, 2.24) is 15.2 Å². The van der Waals surface area contributed by atoms with Crippen molar-refractivity contribution in [3.8, 4) is 5.88 Å². The van der Waals surface area contributed by atoms with Crippen molar-refractivity contribution in [1.29, 1.82) is 0 Å². The van der Waals surface area contributed by atoms with Gasteiger partial charge in [0.05, 0.1) is 18.9 Å². The molecule has 1 unspecified atom stereocenters. The molecule has 1 saturated carbocycles. The number of carbonyl (C=O) groups excluding carboxylic acids is 2. The summed E-state index contributed by atoms with van der Waals surface area (Å²) >= 11 is 0. The number of hydrogen-bond acceptors (Lipinski definition) is 6. The van der Waals surface area contributed by atoms with Gasteiger partial charge >= 0.3 is 6.09 Å². The van der Waals surface area contributed by atoms with Gasteiger partial charge in [0.1, 0.15) is 17.5 Å². The molecule has 33 heavy (non-hydrogen) atoms. The van der Waals surface area contributed by atoms with Gasteiger partial charge in [-0.05, 0) is 65.4 Å². The van der Waals surface area contributed by atoms with Crippen LogP contribution in [0.15, 0.2) is 6.07 Å². The number of carbonyl (C=O) groups is 2. The average molecular weight is 466 g/mol. The van der Waals surface area contributed by atoms with E-state index in [0.29, 0.717) is 30.1 Å². The molecule has 3 rings (SSSR count). The van der Waals surface area contributed by atoms with Crippen molar-refractivity contribution in [2.45, 2.75) is 89.5 Å². The largest absolute Gasteiger partial charge is 0.481 e. The maximum atomic E-state index is 14.9. The van der Waals surface area contributed by atoms with Gasteiger partial charge in [-0.2, -0.15) is 0 Å². The molecule has 1 aliphatic carbocycles. The third-order valence-electron chi connectivity index (χ3n) is 6.27. The fourth-order valence-corrected chi connectivity index (χ4v) is 4.56. The lowest BCUT2D eigenvalue weighted by molar-refractivity contribution is -0.125. The Balaban J connectivity index is 1.65. The topological polar surface area (TPSA) is 90.0 Å². The zero-order chi connectivity index (χ0) is 24.2. The van der Waals surface area contributed by atoms with Crippen LogP contribution in [-0.2, 0) is 20.8 Å². The highest BCUT2D eigenvalue weighted by Gasteiger charge is 2.36. The Labute approximate surface area is 195 Å². The number of methoxy groups -OCH3 is 2. The van der Waals surface area contributed by atoms with Gasteiger partial charge in [0.15, 0.2) is 0 Å². The first-order valence-electron chi connectivity index (χ1n) is 11.7. The SMILES string of the molecule is COc1nc(C2CCC(OC)CC2)c(F)cc1CNC(=O)C1CCCN1C(=O)OC(C)(C)C. The number of amides is 2. The minimum Gasteiger partial charge on any atom is -0.481 e. The number of aromatic nitrogens is 1. The van der Waals surface area contributed by atoms with E-state index >= 15 is 0 Å². The highest BCUT2D eigenvalue weighted by Crippen LogP contribution is 2.35. The summed E-state index contributed by atoms with van der Waals surface area (Å²) in [7, 11) is 3.19. The maximum absolute atomic E-state index is 14.9. The first-order chi connectivity index (χ1) is 15.6. The van der Waals surface area contributed by atoms with Crippen molar-refractivity contribution in [2.24, 2.45) is 0 Å². The molecule has 2 heterocycles. The second-order valence-corrected chi connectivity index (χ2v) is 9.78. The molecule has 1 aromatic rings. The number of rotatable bonds is 6. The Morgan fingerprint density at radius 1 is 1.18 bits per heavy atom. The number of hydrogen-bond donors (Lipinski definition) is 1. The summed E-state index contributed by atoms with van der Waals surface area (Å²) in [6.07, 6.45) is 4.35. The molecule has 1 aliphatic heterocycles. The van der Waals surface area contributed by atoms with Crippen LogP contribution >= 0.6 is 0 Å². The zero-order valence-electron chi connectivity index (χ0n) is 20.3. The first-order valence-corrected chi connectivity index (χ1v) is 11.7. The second-order valence-electron chi connectivity index (χ2n) is 9.78. The molecular formula is C24H36FN3O5. The van der Waals surface area contributed by atoms with Crippen molar-refractivity contribution in [2.75, 3.05) is 20.8 Å². The molecule has 2 amide bonds. The summed E-state index contributed by atoms with van der Waals surface area (Å²) < 4.78 is 31.2. The Kier molecular flexibility index (Phi) is 8.15. The number of pyridine rings is 1. The molecule has 1 saturated heterocycles. The fourth-order valence-electron chi connectivity index (χ4n) is 4.56. The Morgan fingerprint density at radius 3 is 2.48 bits per heavy atom. The predicted octanol–water partition coefficient (Wildman–Crippen LogP) is 3.92. The van der Waals surface area contributed by atoms with Gasteiger partial charge in [-0.25, -0.2) is 14.2 Å². The smallest absolute Gasteiger partial charge is 0.410 e. The van der Waals surface area contributed by atoms with Crippen LogP contribution in [0.2, 0.25) is 0 Å². The summed E-state index contributed by atoms with van der Waals surface area (Å²) in [6, 6.07) is 0.781. The van der Waals surface area contributed by atoms with Crippen LogP contribution in [0.3, 0.4) is 0 Å². The standard InChI is InChI=1S/C24H36FN3O5/c1-24(2,3)33-23(30)28-12-6-7-19(28)21(29)26-14-16-13-18(25)20(27-22(16)32-5)15-8-10-17(31-4)11-9-15/h13,15,17,19H,6-12,14H2,1-5H3,(H,26,29). The van der Waals surface area contributed by atoms with Crippen molar-refractivity contribution < 1.29 is 28.2 Å². The van der Waals surface area contributed by atoms with Crippen LogP contribution < -0.4 is 10.1 Å². The van der Waals surface area contributed by atoms with Gasteiger partial charge in [-0.1, -0.05) is 0 Å². The van der Waals surface area contributed by atoms with Crippen LogP contribution in [0.4, 0.5) is 9.18 Å². The van der Waals surface area contributed by atoms with Gasteiger partial charge in [0.2, 0.25) is 11.8 Å². The second kappa shape index (κ2) is 10.7. The maximum Gasteiger partial charge on any atom is 0.410 e. The molecule has 184 valence electrons. The lowest BCUT2D eigenvalue weighted by Crippen LogP contribution is -2.47. The quantitative estimate of drug-likeness (QED) is 0.685. The van der Waals surface area contributed by atoms with E-state index in [1.54, 1.807) is 27.9 Å². The van der Waals surface area contributed by atoms with E-state index in [4.69, 9.17) is 14.2 Å². The van der Waals surface area contributed by atoms with E-state index < -0.39 is 23.6 Å². The van der Waals surface area contributed by atoms with Gasteiger partial charge < -0.3 is 19.5 Å². The van der Waals surface area contributed by atoms with E-state index in [1.807, 2.05) is 0 Å². The number of ether oxygens (including phenoxy) is 3. The van der Waals surface area contributed by atoms with Gasteiger partial charge in [-0.15, -0.1) is 0 Å². The third-order valence-corrected chi connectivity index (χ3v) is 6.27. The van der Waals surface area contributed by atoms with E-state index in [-0.39, 0.29) is 24.5 Å². The Bertz CT molecular complexity index is 849. The summed E-state index contributed by atoms with van der Waals surface area (Å²) in [4.78, 5) is 31.2. The molecule has 1 aromatic heterocycles. The minimum atomic E-state index is -0.637. The molecular weight excluding hydrogens is 429 g/mol. The first kappa shape index (κ1) is 25.2. The predicted molar refractivity (Wildman–Crippen MR) is 121 cm³/mol. The number of nitrogens with one attached hydrogen (secondary N) is 1. The molecule has 1 N–H and O–H groups in total. The molecule has 0 spiro atoms. The molecule has 2 fully saturated rings. The van der Waals surface area contributed by atoms with E-state index in [2.05, 4.69) is 10.3 Å². The third kappa shape index (κ3) is 6.34. The number of likely N-dealkylation sites (tertiary alicyclic amines) is 1. The average Bonchev–Trinajstić information content (AvgIpc) is 3.27. The molecule has 2 aliphatic rings. The molecule has 0 aromatic carbocycles. The van der Waals surface area contributed by atoms with E-state index in [1.165, 1.54) is 18.1 Å². The van der Waals surface area contributed by atoms with Crippen LogP contribution in [0.5, 0.6) is 5.88 Å². The van der Waals surface area contributed by atoms with Crippen molar-refractivity contribution in [3.05, 3.63) is 23.1 Å². The lowest BCUT2D eigenvalue weighted by atomic mass is 9.84. The van der Waals surface area contributed by atoms with Crippen LogP contribution in [0.25, 0.3) is 0 Å². The van der Waals surface area contributed by atoms with Gasteiger partial charge in [0.25, 0.3) is 0 Å². The summed E-state index contributed by atoms with van der Waals surface area (Å²) in [6.45, 7) is 5.89. The molecule has 9 heteroatoms. The van der Waals surface area contributed by atoms with Crippen LogP contribution in [0, 0.1) is 5.82 Å². The molecule has 1 atom stereocenters. The fraction of sp³-hybridized carbons (Fsp3) is 0.708. The van der Waals surface area contributed by atoms with E-state index in [9.17, 15) is 14.0 Å². The normalized spacial score (nSPS) is 23.3. The Morgan fingerprint density at radius 2 is 1.88 bits per heavy atom. The van der Waals surface area contributed by atoms with Crippen LogP contribution in [-0.4, -0.2) is 60.4 Å². The van der Waals surface area contributed by atoms with Crippen LogP contribution in [0.1, 0.15) is 76.5 Å². The Hall–Kier alpha value is -2.42. The molecule has 0 radical (unpaired) electrons. The summed E-state index contributed by atoms with van der Waals surface area (Å²) in [5.41, 5.74) is 0.227. The minimum absolute atomic E-state index is 0.0230. The van der Waals surface area contributed by atoms with Gasteiger partial charge in [0, 0.05) is 31.7 Å². The number of nitrogens with zero attached hydrogens (tertiary/aromatic N) is 2. The zero-order valence-corrected chi connectivity index (χ0v) is 20.3. The lowest BCUT2D eigenvalue weighted by Gasteiger charge is -2.28. The highest BCUT2D eigenvalue weighted by molar-refractivity contribution is 5.86. The van der Waals surface area contributed by atoms with Crippen molar-refractivity contribution >= 4 is 12.0 Å². The van der Waals surface area contributed by atoms with E-state index in [0.717, 1.165) is 32.1 Å². The van der Waals surface area contributed by atoms with Crippen molar-refractivity contribution in [3.63, 3.8) is 0 Å². The summed E-state index contributed by atoms with van der Waals surface area (Å²) in [5.74, 6) is -0.370. The molecule has 8 nitrogen and oxygen atoms in total.